The number of piperidine rings is 1. The first-order valence-electron chi connectivity index (χ1n) is 9.66. The summed E-state index contributed by atoms with van der Waals surface area (Å²) in [4.78, 5) is 0. The highest BCUT2D eigenvalue weighted by atomic mass is 35.5. The molecule has 3 aromatic rings. The summed E-state index contributed by atoms with van der Waals surface area (Å²) in [6, 6.07) is 26.8. The van der Waals surface area contributed by atoms with Crippen LogP contribution in [-0.4, -0.2) is 19.2 Å². The maximum atomic E-state index is 5.95. The summed E-state index contributed by atoms with van der Waals surface area (Å²) in [7, 11) is 0. The van der Waals surface area contributed by atoms with Gasteiger partial charge in [0, 0.05) is 6.04 Å². The van der Waals surface area contributed by atoms with Gasteiger partial charge in [-0.1, -0.05) is 48.9 Å². The zero-order valence-corrected chi connectivity index (χ0v) is 16.7. The van der Waals surface area contributed by atoms with E-state index in [1.807, 2.05) is 54.6 Å². The zero-order chi connectivity index (χ0) is 18.3. The first kappa shape index (κ1) is 20.2. The topological polar surface area (TPSA) is 30.5 Å². The van der Waals surface area contributed by atoms with E-state index in [1.165, 1.54) is 30.4 Å². The van der Waals surface area contributed by atoms with Gasteiger partial charge in [-0.05, 0) is 66.9 Å². The molecule has 0 unspecified atom stereocenters. The first-order chi connectivity index (χ1) is 13.4. The highest BCUT2D eigenvalue weighted by Crippen LogP contribution is 2.27. The van der Waals surface area contributed by atoms with Crippen LogP contribution >= 0.6 is 12.4 Å². The van der Waals surface area contributed by atoms with Crippen LogP contribution in [0.3, 0.4) is 0 Å². The lowest BCUT2D eigenvalue weighted by Crippen LogP contribution is -2.38. The van der Waals surface area contributed by atoms with Crippen molar-refractivity contribution in [3.05, 3.63) is 78.9 Å². The van der Waals surface area contributed by atoms with Crippen LogP contribution < -0.4 is 14.8 Å². The predicted molar refractivity (Wildman–Crippen MR) is 117 cm³/mol. The van der Waals surface area contributed by atoms with E-state index in [0.717, 1.165) is 30.4 Å². The molecule has 0 amide bonds. The summed E-state index contributed by atoms with van der Waals surface area (Å²) in [5, 5.41) is 3.50. The molecule has 1 atom stereocenters. The van der Waals surface area contributed by atoms with Crippen LogP contribution in [-0.2, 0) is 0 Å². The van der Waals surface area contributed by atoms with Gasteiger partial charge in [0.25, 0.3) is 0 Å². The molecule has 1 heterocycles. The van der Waals surface area contributed by atoms with Crippen LogP contribution in [0.25, 0.3) is 11.1 Å². The van der Waals surface area contributed by atoms with Gasteiger partial charge in [0.2, 0.25) is 0 Å². The van der Waals surface area contributed by atoms with Crippen LogP contribution in [0.4, 0.5) is 0 Å². The molecular weight excluding hydrogens is 370 g/mol. The highest BCUT2D eigenvalue weighted by molar-refractivity contribution is 5.85. The van der Waals surface area contributed by atoms with Gasteiger partial charge in [0.05, 0.1) is 0 Å². The van der Waals surface area contributed by atoms with E-state index >= 15 is 0 Å². The van der Waals surface area contributed by atoms with Gasteiger partial charge in [-0.2, -0.15) is 0 Å². The van der Waals surface area contributed by atoms with E-state index in [-0.39, 0.29) is 12.4 Å². The quantitative estimate of drug-likeness (QED) is 0.547. The number of benzene rings is 3. The minimum atomic E-state index is 0. The molecule has 0 aliphatic carbocycles. The Balaban J connectivity index is 0.00000225. The SMILES string of the molecule is Cl.c1ccc(-c2ccc(Oc3ccc(OC[C@@H]4CCCCN4)cc3)cc2)cc1. The minimum Gasteiger partial charge on any atom is -0.492 e. The summed E-state index contributed by atoms with van der Waals surface area (Å²) in [6.45, 7) is 1.82. The van der Waals surface area contributed by atoms with Crippen molar-refractivity contribution in [1.29, 1.82) is 0 Å². The normalized spacial score (nSPS) is 16.1. The molecule has 28 heavy (non-hydrogen) atoms. The predicted octanol–water partition coefficient (Wildman–Crippen LogP) is 6.09. The Kier molecular flexibility index (Phi) is 7.35. The second-order valence-corrected chi connectivity index (χ2v) is 6.92. The Morgan fingerprint density at radius 2 is 1.32 bits per heavy atom. The number of nitrogens with one attached hydrogen (secondary N) is 1. The average Bonchev–Trinajstić information content (AvgIpc) is 2.75. The van der Waals surface area contributed by atoms with Crippen LogP contribution in [0.5, 0.6) is 17.2 Å². The van der Waals surface area contributed by atoms with Crippen molar-refractivity contribution >= 4 is 12.4 Å². The Morgan fingerprint density at radius 3 is 1.96 bits per heavy atom. The molecular formula is C24H26ClNO2. The molecule has 3 aromatic carbocycles. The maximum Gasteiger partial charge on any atom is 0.127 e. The second kappa shape index (κ2) is 10.2. The number of halogens is 1. The molecule has 146 valence electrons. The van der Waals surface area contributed by atoms with Crippen molar-refractivity contribution in [3.8, 4) is 28.4 Å². The standard InChI is InChI=1S/C24H25NO2.ClH/c1-2-6-19(7-3-1)20-9-11-23(12-10-20)27-24-15-13-22(14-16-24)26-18-21-8-4-5-17-25-21;/h1-3,6-7,9-16,21,25H,4-5,8,17-18H2;1H/t21-;/m0./s1. The van der Waals surface area contributed by atoms with Crippen molar-refractivity contribution < 1.29 is 9.47 Å². The van der Waals surface area contributed by atoms with Gasteiger partial charge >= 0.3 is 0 Å². The molecule has 3 nitrogen and oxygen atoms in total. The van der Waals surface area contributed by atoms with E-state index in [2.05, 4.69) is 29.6 Å². The van der Waals surface area contributed by atoms with Crippen molar-refractivity contribution in [3.63, 3.8) is 0 Å². The summed E-state index contributed by atoms with van der Waals surface area (Å²) < 4.78 is 11.8. The van der Waals surface area contributed by atoms with Crippen molar-refractivity contribution in [2.45, 2.75) is 25.3 Å². The molecule has 0 saturated carbocycles. The molecule has 0 aromatic heterocycles. The van der Waals surface area contributed by atoms with Crippen LogP contribution in [0, 0.1) is 0 Å². The van der Waals surface area contributed by atoms with Crippen molar-refractivity contribution in [1.82, 2.24) is 5.32 Å². The van der Waals surface area contributed by atoms with Crippen LogP contribution in [0.2, 0.25) is 0 Å². The van der Waals surface area contributed by atoms with E-state index < -0.39 is 0 Å². The van der Waals surface area contributed by atoms with E-state index in [0.29, 0.717) is 6.04 Å². The van der Waals surface area contributed by atoms with Crippen molar-refractivity contribution in [2.24, 2.45) is 0 Å². The molecule has 4 rings (SSSR count). The largest absolute Gasteiger partial charge is 0.492 e. The average molecular weight is 396 g/mol. The van der Waals surface area contributed by atoms with E-state index in [9.17, 15) is 0 Å². The third kappa shape index (κ3) is 5.51. The monoisotopic (exact) mass is 395 g/mol. The van der Waals surface area contributed by atoms with Crippen molar-refractivity contribution in [2.75, 3.05) is 13.2 Å². The highest BCUT2D eigenvalue weighted by Gasteiger charge is 2.12. The summed E-state index contributed by atoms with van der Waals surface area (Å²) in [5.41, 5.74) is 2.39. The molecule has 0 spiro atoms. The fourth-order valence-electron chi connectivity index (χ4n) is 3.35. The number of hydrogen-bond donors (Lipinski definition) is 1. The first-order valence-corrected chi connectivity index (χ1v) is 9.66. The molecule has 4 heteroatoms. The van der Waals surface area contributed by atoms with Gasteiger partial charge in [0.1, 0.15) is 23.9 Å². The van der Waals surface area contributed by atoms with E-state index in [4.69, 9.17) is 9.47 Å². The third-order valence-corrected chi connectivity index (χ3v) is 4.88. The Morgan fingerprint density at radius 1 is 0.714 bits per heavy atom. The molecule has 0 bridgehead atoms. The third-order valence-electron chi connectivity index (χ3n) is 4.88. The fraction of sp³-hybridized carbons (Fsp3) is 0.250. The molecule has 0 radical (unpaired) electrons. The molecule has 1 N–H and O–H groups in total. The molecule has 1 aliphatic rings. The summed E-state index contributed by atoms with van der Waals surface area (Å²) >= 11 is 0. The molecule has 1 fully saturated rings. The second-order valence-electron chi connectivity index (χ2n) is 6.92. The Hall–Kier alpha value is -2.49. The fourth-order valence-corrected chi connectivity index (χ4v) is 3.35. The van der Waals surface area contributed by atoms with Gasteiger partial charge in [0.15, 0.2) is 0 Å². The number of ether oxygens (including phenoxy) is 2. The van der Waals surface area contributed by atoms with Gasteiger partial charge in [-0.3, -0.25) is 0 Å². The Bertz CT molecular complexity index is 829. The van der Waals surface area contributed by atoms with Crippen LogP contribution in [0.15, 0.2) is 78.9 Å². The lowest BCUT2D eigenvalue weighted by molar-refractivity contribution is 0.239. The molecule has 1 saturated heterocycles. The molecule has 1 aliphatic heterocycles. The minimum absolute atomic E-state index is 0. The smallest absolute Gasteiger partial charge is 0.127 e. The van der Waals surface area contributed by atoms with Crippen LogP contribution in [0.1, 0.15) is 19.3 Å². The zero-order valence-electron chi connectivity index (χ0n) is 15.8. The summed E-state index contributed by atoms with van der Waals surface area (Å²) in [6.07, 6.45) is 3.76. The Labute approximate surface area is 173 Å². The van der Waals surface area contributed by atoms with E-state index in [1.54, 1.807) is 0 Å². The lowest BCUT2D eigenvalue weighted by atomic mass is 10.1. The number of rotatable bonds is 6. The maximum absolute atomic E-state index is 5.95. The summed E-state index contributed by atoms with van der Waals surface area (Å²) in [5.74, 6) is 2.52. The van der Waals surface area contributed by atoms with Gasteiger partial charge in [-0.15, -0.1) is 12.4 Å². The number of hydrogen-bond acceptors (Lipinski definition) is 3. The van der Waals surface area contributed by atoms with Gasteiger partial charge in [-0.25, -0.2) is 0 Å². The lowest BCUT2D eigenvalue weighted by Gasteiger charge is -2.23. The van der Waals surface area contributed by atoms with Gasteiger partial charge < -0.3 is 14.8 Å².